The SMILES string of the molecule is C[C@H]1OCCN(C(=O)OC(C)(C)C)[C@@H]1c1ccc(B2OC(C)(C)C(C)(C)O2)cc1. The van der Waals surface area contributed by atoms with Gasteiger partial charge in [0.1, 0.15) is 5.60 Å². The van der Waals surface area contributed by atoms with E-state index in [1.165, 1.54) is 0 Å². The molecule has 2 aliphatic rings. The summed E-state index contributed by atoms with van der Waals surface area (Å²) in [4.78, 5) is 14.5. The Morgan fingerprint density at radius 3 is 2.17 bits per heavy atom. The van der Waals surface area contributed by atoms with Crippen LogP contribution in [0.5, 0.6) is 0 Å². The highest BCUT2D eigenvalue weighted by Crippen LogP contribution is 2.37. The zero-order valence-electron chi connectivity index (χ0n) is 18.9. The van der Waals surface area contributed by atoms with Crippen LogP contribution < -0.4 is 5.46 Å². The zero-order chi connectivity index (χ0) is 21.6. The van der Waals surface area contributed by atoms with Crippen LogP contribution in [0.15, 0.2) is 24.3 Å². The molecule has 0 bridgehead atoms. The lowest BCUT2D eigenvalue weighted by Gasteiger charge is -2.40. The zero-order valence-corrected chi connectivity index (χ0v) is 18.9. The molecule has 2 saturated heterocycles. The fourth-order valence-electron chi connectivity index (χ4n) is 3.63. The van der Waals surface area contributed by atoms with Crippen LogP contribution >= 0.6 is 0 Å². The predicted molar refractivity (Wildman–Crippen MR) is 113 cm³/mol. The highest BCUT2D eigenvalue weighted by Gasteiger charge is 2.51. The van der Waals surface area contributed by atoms with Crippen molar-refractivity contribution in [1.29, 1.82) is 0 Å². The lowest BCUT2D eigenvalue weighted by molar-refractivity contribution is -0.0698. The average molecular weight is 403 g/mol. The second-order valence-electron chi connectivity index (χ2n) is 9.95. The maximum atomic E-state index is 12.8. The average Bonchev–Trinajstić information content (AvgIpc) is 2.81. The van der Waals surface area contributed by atoms with E-state index >= 15 is 0 Å². The number of nitrogens with zero attached hydrogens (tertiary/aromatic N) is 1. The molecule has 0 aromatic heterocycles. The van der Waals surface area contributed by atoms with Crippen molar-refractivity contribution in [3.63, 3.8) is 0 Å². The Hall–Kier alpha value is -1.57. The van der Waals surface area contributed by atoms with Gasteiger partial charge in [-0.3, -0.25) is 4.90 Å². The van der Waals surface area contributed by atoms with Crippen molar-refractivity contribution in [1.82, 2.24) is 4.90 Å². The van der Waals surface area contributed by atoms with E-state index in [1.54, 1.807) is 4.90 Å². The van der Waals surface area contributed by atoms with E-state index < -0.39 is 12.7 Å². The van der Waals surface area contributed by atoms with Crippen molar-refractivity contribution >= 4 is 18.7 Å². The Bertz CT molecular complexity index is 725. The number of benzene rings is 1. The number of ether oxygens (including phenoxy) is 2. The summed E-state index contributed by atoms with van der Waals surface area (Å²) in [7, 11) is -0.406. The van der Waals surface area contributed by atoms with Gasteiger partial charge in [0.2, 0.25) is 0 Å². The van der Waals surface area contributed by atoms with Gasteiger partial charge in [0.25, 0.3) is 0 Å². The van der Waals surface area contributed by atoms with Crippen LogP contribution in [0.4, 0.5) is 4.79 Å². The first-order valence-corrected chi connectivity index (χ1v) is 10.4. The molecule has 1 amide bonds. The fourth-order valence-corrected chi connectivity index (χ4v) is 3.63. The van der Waals surface area contributed by atoms with Crippen molar-refractivity contribution in [2.45, 2.75) is 84.3 Å². The molecule has 6 nitrogen and oxygen atoms in total. The van der Waals surface area contributed by atoms with Gasteiger partial charge in [-0.1, -0.05) is 24.3 Å². The Morgan fingerprint density at radius 1 is 1.10 bits per heavy atom. The fraction of sp³-hybridized carbons (Fsp3) is 0.682. The largest absolute Gasteiger partial charge is 0.494 e. The van der Waals surface area contributed by atoms with Crippen molar-refractivity contribution in [3.8, 4) is 0 Å². The standard InChI is InChI=1S/C22H34BNO5/c1-15-18(24(13-14-26-15)19(25)27-20(2,3)4)16-9-11-17(12-10-16)23-28-21(5,6)22(7,8)29-23/h9-12,15,18H,13-14H2,1-8H3/t15-,18+/m1/s1. The second kappa shape index (κ2) is 7.60. The summed E-state index contributed by atoms with van der Waals surface area (Å²) in [6.45, 7) is 16.8. The highest BCUT2D eigenvalue weighted by molar-refractivity contribution is 6.62. The van der Waals surface area contributed by atoms with Crippen LogP contribution in [-0.2, 0) is 18.8 Å². The summed E-state index contributed by atoms with van der Waals surface area (Å²) >= 11 is 0. The monoisotopic (exact) mass is 403 g/mol. The third kappa shape index (κ3) is 4.62. The quantitative estimate of drug-likeness (QED) is 0.706. The smallest absolute Gasteiger partial charge is 0.444 e. The van der Waals surface area contributed by atoms with E-state index in [4.69, 9.17) is 18.8 Å². The second-order valence-corrected chi connectivity index (χ2v) is 9.95. The molecule has 2 atom stereocenters. The molecule has 2 heterocycles. The molecule has 0 saturated carbocycles. The van der Waals surface area contributed by atoms with Crippen molar-refractivity contribution in [3.05, 3.63) is 29.8 Å². The van der Waals surface area contributed by atoms with Crippen molar-refractivity contribution in [2.24, 2.45) is 0 Å². The molecular weight excluding hydrogens is 369 g/mol. The Balaban J connectivity index is 1.80. The van der Waals surface area contributed by atoms with Crippen LogP contribution in [0.3, 0.4) is 0 Å². The maximum Gasteiger partial charge on any atom is 0.494 e. The van der Waals surface area contributed by atoms with Gasteiger partial charge in [0, 0.05) is 6.54 Å². The van der Waals surface area contributed by atoms with Gasteiger partial charge in [0.05, 0.1) is 30.0 Å². The molecule has 1 aromatic rings. The molecule has 0 radical (unpaired) electrons. The van der Waals surface area contributed by atoms with Gasteiger partial charge in [-0.2, -0.15) is 0 Å². The summed E-state index contributed by atoms with van der Waals surface area (Å²) in [5, 5.41) is 0. The minimum atomic E-state index is -0.538. The van der Waals surface area contributed by atoms with Crippen LogP contribution in [0.2, 0.25) is 0 Å². The third-order valence-corrected chi connectivity index (χ3v) is 5.92. The number of hydrogen-bond acceptors (Lipinski definition) is 5. The van der Waals surface area contributed by atoms with E-state index in [1.807, 2.05) is 79.7 Å². The van der Waals surface area contributed by atoms with Gasteiger partial charge in [-0.15, -0.1) is 0 Å². The molecule has 3 rings (SSSR count). The molecule has 0 spiro atoms. The molecule has 29 heavy (non-hydrogen) atoms. The number of amides is 1. The Kier molecular flexibility index (Phi) is 5.80. The number of rotatable bonds is 2. The minimum absolute atomic E-state index is 0.126. The minimum Gasteiger partial charge on any atom is -0.444 e. The molecule has 7 heteroatoms. The van der Waals surface area contributed by atoms with Crippen LogP contribution in [0.1, 0.15) is 67.0 Å². The molecule has 0 unspecified atom stereocenters. The number of morpholine rings is 1. The Labute approximate surface area is 175 Å². The van der Waals surface area contributed by atoms with Gasteiger partial charge < -0.3 is 18.8 Å². The molecule has 160 valence electrons. The van der Waals surface area contributed by atoms with E-state index in [-0.39, 0.29) is 29.4 Å². The van der Waals surface area contributed by atoms with Gasteiger partial charge in [-0.25, -0.2) is 4.79 Å². The van der Waals surface area contributed by atoms with Crippen LogP contribution in [0, 0.1) is 0 Å². The third-order valence-electron chi connectivity index (χ3n) is 5.92. The molecule has 1 aromatic carbocycles. The first-order valence-electron chi connectivity index (χ1n) is 10.4. The molecule has 0 aliphatic carbocycles. The number of carbonyl (C=O) groups is 1. The summed E-state index contributed by atoms with van der Waals surface area (Å²) in [5.41, 5.74) is 0.665. The van der Waals surface area contributed by atoms with Gasteiger partial charge >= 0.3 is 13.2 Å². The van der Waals surface area contributed by atoms with Crippen molar-refractivity contribution < 1.29 is 23.6 Å². The van der Waals surface area contributed by atoms with Gasteiger partial charge in [-0.05, 0) is 66.4 Å². The summed E-state index contributed by atoms with van der Waals surface area (Å²) in [5.74, 6) is 0. The predicted octanol–water partition coefficient (Wildman–Crippen LogP) is 3.68. The van der Waals surface area contributed by atoms with E-state index in [0.29, 0.717) is 13.2 Å². The highest BCUT2D eigenvalue weighted by atomic mass is 16.7. The number of hydrogen-bond donors (Lipinski definition) is 0. The molecular formula is C22H34BNO5. The molecule has 2 fully saturated rings. The first kappa shape index (κ1) is 22.1. The van der Waals surface area contributed by atoms with E-state index in [9.17, 15) is 4.79 Å². The first-order chi connectivity index (χ1) is 13.3. The normalized spacial score (nSPS) is 26.5. The lowest BCUT2D eigenvalue weighted by Crippen LogP contribution is -2.49. The Morgan fingerprint density at radius 2 is 1.66 bits per heavy atom. The summed E-state index contributed by atoms with van der Waals surface area (Å²) < 4.78 is 23.7. The molecule has 0 N–H and O–H groups in total. The van der Waals surface area contributed by atoms with E-state index in [2.05, 4.69) is 0 Å². The lowest BCUT2D eigenvalue weighted by atomic mass is 9.78. The summed E-state index contributed by atoms with van der Waals surface area (Å²) in [6, 6.07) is 7.85. The number of carbonyl (C=O) groups excluding carboxylic acids is 1. The van der Waals surface area contributed by atoms with Crippen molar-refractivity contribution in [2.75, 3.05) is 13.2 Å². The van der Waals surface area contributed by atoms with Gasteiger partial charge in [0.15, 0.2) is 0 Å². The summed E-state index contributed by atoms with van der Waals surface area (Å²) in [6.07, 6.45) is -0.438. The topological polar surface area (TPSA) is 57.2 Å². The maximum absolute atomic E-state index is 12.8. The van der Waals surface area contributed by atoms with E-state index in [0.717, 1.165) is 11.0 Å². The molecule has 2 aliphatic heterocycles. The van der Waals surface area contributed by atoms with Crippen LogP contribution in [-0.4, -0.2) is 54.2 Å². The van der Waals surface area contributed by atoms with Crippen LogP contribution in [0.25, 0.3) is 0 Å².